The standard InChI is InChI=1S/C19H22N4S/c1-22(2)15-9-6-10-23(12-15)18-16-11-17(14-7-4-3-5-8-14)24-19(16)21-13-20-18/h3-5,7-8,11,13,15H,6,9-10,12H2,1-2H3. The van der Waals surface area contributed by atoms with Crippen LogP contribution in [0.5, 0.6) is 0 Å². The molecule has 1 fully saturated rings. The Kier molecular flexibility index (Phi) is 4.21. The lowest BCUT2D eigenvalue weighted by atomic mass is 10.0. The maximum Gasteiger partial charge on any atom is 0.140 e. The zero-order valence-corrected chi connectivity index (χ0v) is 15.0. The lowest BCUT2D eigenvalue weighted by Crippen LogP contribution is -2.45. The Morgan fingerprint density at radius 2 is 2.00 bits per heavy atom. The molecule has 0 N–H and O–H groups in total. The van der Waals surface area contributed by atoms with E-state index in [9.17, 15) is 0 Å². The highest BCUT2D eigenvalue weighted by atomic mass is 32.1. The van der Waals surface area contributed by atoms with E-state index in [1.165, 1.54) is 28.7 Å². The highest BCUT2D eigenvalue weighted by molar-refractivity contribution is 7.21. The third kappa shape index (κ3) is 2.89. The molecule has 0 bridgehead atoms. The molecule has 0 aliphatic carbocycles. The maximum atomic E-state index is 4.63. The Hall–Kier alpha value is -1.98. The van der Waals surface area contributed by atoms with E-state index in [0.717, 1.165) is 23.7 Å². The first-order valence-electron chi connectivity index (χ1n) is 8.44. The fourth-order valence-corrected chi connectivity index (χ4v) is 4.41. The van der Waals surface area contributed by atoms with Crippen LogP contribution in [0, 0.1) is 0 Å². The van der Waals surface area contributed by atoms with Gasteiger partial charge in [0.15, 0.2) is 0 Å². The van der Waals surface area contributed by atoms with Gasteiger partial charge in [-0.15, -0.1) is 11.3 Å². The molecule has 1 aromatic carbocycles. The molecule has 1 saturated heterocycles. The summed E-state index contributed by atoms with van der Waals surface area (Å²) in [4.78, 5) is 16.2. The minimum atomic E-state index is 0.594. The number of thiophene rings is 1. The lowest BCUT2D eigenvalue weighted by molar-refractivity contribution is 0.257. The lowest BCUT2D eigenvalue weighted by Gasteiger charge is -2.36. The molecule has 3 heterocycles. The Morgan fingerprint density at radius 3 is 2.79 bits per heavy atom. The van der Waals surface area contributed by atoms with Gasteiger partial charge in [-0.05, 0) is 38.6 Å². The molecule has 1 unspecified atom stereocenters. The van der Waals surface area contributed by atoms with Crippen LogP contribution in [-0.4, -0.2) is 48.1 Å². The Balaban J connectivity index is 1.72. The van der Waals surface area contributed by atoms with E-state index in [1.54, 1.807) is 17.7 Å². The minimum Gasteiger partial charge on any atom is -0.354 e. The highest BCUT2D eigenvalue weighted by Crippen LogP contribution is 2.36. The van der Waals surface area contributed by atoms with Crippen molar-refractivity contribution < 1.29 is 0 Å². The summed E-state index contributed by atoms with van der Waals surface area (Å²) in [6.07, 6.45) is 4.18. The molecule has 2 aromatic heterocycles. The molecule has 0 spiro atoms. The molecular formula is C19H22N4S. The minimum absolute atomic E-state index is 0.594. The van der Waals surface area contributed by atoms with E-state index in [0.29, 0.717) is 6.04 Å². The second-order valence-electron chi connectivity index (χ2n) is 6.60. The van der Waals surface area contributed by atoms with Crippen LogP contribution in [0.15, 0.2) is 42.7 Å². The van der Waals surface area contributed by atoms with E-state index >= 15 is 0 Å². The second kappa shape index (κ2) is 6.49. The molecule has 0 amide bonds. The second-order valence-corrected chi connectivity index (χ2v) is 7.63. The predicted octanol–water partition coefficient (Wildman–Crippen LogP) is 3.89. The first-order chi connectivity index (χ1) is 11.7. The van der Waals surface area contributed by atoms with E-state index in [1.807, 2.05) is 0 Å². The van der Waals surface area contributed by atoms with Crippen LogP contribution >= 0.6 is 11.3 Å². The van der Waals surface area contributed by atoms with Crippen LogP contribution < -0.4 is 4.90 Å². The van der Waals surface area contributed by atoms with Crippen molar-refractivity contribution in [2.75, 3.05) is 32.1 Å². The van der Waals surface area contributed by atoms with E-state index in [-0.39, 0.29) is 0 Å². The molecule has 0 radical (unpaired) electrons. The van der Waals surface area contributed by atoms with E-state index in [4.69, 9.17) is 0 Å². The number of aromatic nitrogens is 2. The van der Waals surface area contributed by atoms with Crippen LogP contribution in [0.2, 0.25) is 0 Å². The van der Waals surface area contributed by atoms with Crippen molar-refractivity contribution >= 4 is 27.4 Å². The molecule has 1 atom stereocenters. The summed E-state index contributed by atoms with van der Waals surface area (Å²) in [6, 6.07) is 13.4. The van der Waals surface area contributed by atoms with Gasteiger partial charge >= 0.3 is 0 Å². The van der Waals surface area contributed by atoms with Crippen molar-refractivity contribution in [1.82, 2.24) is 14.9 Å². The fourth-order valence-electron chi connectivity index (χ4n) is 3.41. The van der Waals surface area contributed by atoms with Gasteiger partial charge < -0.3 is 9.80 Å². The quantitative estimate of drug-likeness (QED) is 0.725. The number of fused-ring (bicyclic) bond motifs is 1. The highest BCUT2D eigenvalue weighted by Gasteiger charge is 2.24. The number of hydrogen-bond donors (Lipinski definition) is 0. The first kappa shape index (κ1) is 15.5. The average Bonchev–Trinajstić information content (AvgIpc) is 3.07. The molecule has 5 heteroatoms. The van der Waals surface area contributed by atoms with Crippen molar-refractivity contribution in [3.8, 4) is 10.4 Å². The van der Waals surface area contributed by atoms with Crippen LogP contribution in [0.1, 0.15) is 12.8 Å². The summed E-state index contributed by atoms with van der Waals surface area (Å²) < 4.78 is 0. The zero-order chi connectivity index (χ0) is 16.5. The largest absolute Gasteiger partial charge is 0.354 e. The molecule has 124 valence electrons. The number of nitrogens with zero attached hydrogens (tertiary/aromatic N) is 4. The van der Waals surface area contributed by atoms with Crippen LogP contribution in [0.25, 0.3) is 20.7 Å². The van der Waals surface area contributed by atoms with Crippen molar-refractivity contribution in [3.63, 3.8) is 0 Å². The molecule has 24 heavy (non-hydrogen) atoms. The molecular weight excluding hydrogens is 316 g/mol. The average molecular weight is 338 g/mol. The Morgan fingerprint density at radius 1 is 1.17 bits per heavy atom. The first-order valence-corrected chi connectivity index (χ1v) is 9.25. The van der Waals surface area contributed by atoms with Crippen molar-refractivity contribution in [2.24, 2.45) is 0 Å². The molecule has 4 rings (SSSR count). The fraction of sp³-hybridized carbons (Fsp3) is 0.368. The van der Waals surface area contributed by atoms with Gasteiger partial charge in [0.2, 0.25) is 0 Å². The smallest absolute Gasteiger partial charge is 0.140 e. The summed E-state index contributed by atoms with van der Waals surface area (Å²) in [5.41, 5.74) is 1.25. The SMILES string of the molecule is CN(C)C1CCCN(c2ncnc3sc(-c4ccccc4)cc23)C1. The van der Waals surface area contributed by atoms with Gasteiger partial charge in [0.1, 0.15) is 17.0 Å². The van der Waals surface area contributed by atoms with E-state index < -0.39 is 0 Å². The summed E-state index contributed by atoms with van der Waals surface area (Å²) >= 11 is 1.75. The number of anilines is 1. The van der Waals surface area contributed by atoms with Gasteiger partial charge in [-0.25, -0.2) is 9.97 Å². The maximum absolute atomic E-state index is 4.63. The van der Waals surface area contributed by atoms with Crippen molar-refractivity contribution in [1.29, 1.82) is 0 Å². The van der Waals surface area contributed by atoms with Gasteiger partial charge in [-0.3, -0.25) is 0 Å². The summed E-state index contributed by atoms with van der Waals surface area (Å²) in [5, 5.41) is 1.18. The molecule has 4 nitrogen and oxygen atoms in total. The van der Waals surface area contributed by atoms with Gasteiger partial charge in [-0.1, -0.05) is 30.3 Å². The number of hydrogen-bond acceptors (Lipinski definition) is 5. The Labute approximate surface area is 146 Å². The van der Waals surface area contributed by atoms with Crippen molar-refractivity contribution in [2.45, 2.75) is 18.9 Å². The van der Waals surface area contributed by atoms with E-state index in [2.05, 4.69) is 70.3 Å². The van der Waals surface area contributed by atoms with Crippen LogP contribution in [-0.2, 0) is 0 Å². The summed E-state index contributed by atoms with van der Waals surface area (Å²) in [6.45, 7) is 2.11. The number of benzene rings is 1. The molecule has 0 saturated carbocycles. The Bertz CT molecular complexity index is 828. The van der Waals surface area contributed by atoms with Crippen LogP contribution in [0.3, 0.4) is 0 Å². The van der Waals surface area contributed by atoms with Gasteiger partial charge in [0.25, 0.3) is 0 Å². The van der Waals surface area contributed by atoms with Gasteiger partial charge in [-0.2, -0.15) is 0 Å². The van der Waals surface area contributed by atoms with Gasteiger partial charge in [0.05, 0.1) is 5.39 Å². The summed E-state index contributed by atoms with van der Waals surface area (Å²) in [5.74, 6) is 1.09. The number of likely N-dealkylation sites (N-methyl/N-ethyl adjacent to an activating group) is 1. The monoisotopic (exact) mass is 338 g/mol. The zero-order valence-electron chi connectivity index (χ0n) is 14.1. The third-order valence-corrected chi connectivity index (χ3v) is 5.89. The van der Waals surface area contributed by atoms with Crippen LogP contribution in [0.4, 0.5) is 5.82 Å². The molecule has 1 aliphatic heterocycles. The van der Waals surface area contributed by atoms with Crippen molar-refractivity contribution in [3.05, 3.63) is 42.7 Å². The van der Waals surface area contributed by atoms with Gasteiger partial charge in [0, 0.05) is 24.0 Å². The normalized spacial score (nSPS) is 18.5. The number of rotatable bonds is 3. The summed E-state index contributed by atoms with van der Waals surface area (Å²) in [7, 11) is 4.34. The number of piperidine rings is 1. The molecule has 1 aliphatic rings. The third-order valence-electron chi connectivity index (χ3n) is 4.79. The topological polar surface area (TPSA) is 32.3 Å². The molecule has 3 aromatic rings. The predicted molar refractivity (Wildman–Crippen MR) is 102 cm³/mol.